The van der Waals surface area contributed by atoms with Crippen molar-refractivity contribution in [3.8, 4) is 16.8 Å². The van der Waals surface area contributed by atoms with Crippen LogP contribution in [0.5, 0.6) is 0 Å². The number of nitrogens with zero attached hydrogens (tertiary/aromatic N) is 4. The molecule has 0 fully saturated rings. The lowest BCUT2D eigenvalue weighted by Gasteiger charge is -2.40. The van der Waals surface area contributed by atoms with Crippen molar-refractivity contribution in [2.75, 3.05) is 0 Å². The number of rotatable bonds is 3. The second-order valence-corrected chi connectivity index (χ2v) is 19.7. The number of benzene rings is 10. The Kier molecular flexibility index (Phi) is 7.82. The Morgan fingerprint density at radius 2 is 1.13 bits per heavy atom. The largest absolute Gasteiger partial charge is 0.309 e. The Morgan fingerprint density at radius 3 is 1.99 bits per heavy atom. The molecule has 0 saturated heterocycles. The van der Waals surface area contributed by atoms with Crippen LogP contribution in [0.25, 0.3) is 108 Å². The van der Waals surface area contributed by atoms with Gasteiger partial charge in [0.15, 0.2) is 0 Å². The van der Waals surface area contributed by atoms with Gasteiger partial charge < -0.3 is 4.57 Å². The second kappa shape index (κ2) is 14.1. The van der Waals surface area contributed by atoms with Crippen LogP contribution in [0.4, 0.5) is 0 Å². The molecule has 0 N–H and O–H groups in total. The van der Waals surface area contributed by atoms with Crippen molar-refractivity contribution in [3.05, 3.63) is 229 Å². The summed E-state index contributed by atoms with van der Waals surface area (Å²) in [5.41, 5.74) is 12.1. The van der Waals surface area contributed by atoms with Crippen LogP contribution in [0.15, 0.2) is 222 Å². The van der Waals surface area contributed by atoms with E-state index in [9.17, 15) is 0 Å². The fourth-order valence-corrected chi connectivity index (χ4v) is 13.1. The second-order valence-electron chi connectivity index (χ2n) is 18.6. The first kappa shape index (κ1) is 37.8. The first-order valence-corrected chi connectivity index (χ1v) is 24.3. The standard InChI is InChI=1S/C63H40N4S/c1-63-51-24-12-7-16-39(51)30-33-52(63)59(43-28-27-38-15-5-6-17-40(38)35-43)64-62(65-63)67-54-26-14-11-23-49(54)57-47-21-8-9-22-48(47)58-50-36-41(31-34-56(50)68-61(58)60(57)67)42-29-32-46-45-20-10-13-25-53(45)66(55(46)37-42)44-18-3-2-4-19-44/h2-37,52H,1H3. The normalized spacial score (nSPS) is 16.9. The van der Waals surface area contributed by atoms with Crippen LogP contribution < -0.4 is 0 Å². The molecule has 68 heavy (non-hydrogen) atoms. The lowest BCUT2D eigenvalue weighted by molar-refractivity contribution is 0.430. The van der Waals surface area contributed by atoms with Gasteiger partial charge in [-0.2, -0.15) is 0 Å². The number of para-hydroxylation sites is 3. The van der Waals surface area contributed by atoms with E-state index >= 15 is 0 Å². The summed E-state index contributed by atoms with van der Waals surface area (Å²) in [6.07, 6.45) is 4.60. The third-order valence-corrected chi connectivity index (χ3v) is 16.1. The Hall–Kier alpha value is -8.38. The molecule has 0 amide bonds. The lowest BCUT2D eigenvalue weighted by Crippen LogP contribution is -2.42. The molecule has 2 unspecified atom stereocenters. The predicted molar refractivity (Wildman–Crippen MR) is 289 cm³/mol. The number of aliphatic imine (C=N–C) groups is 2. The highest BCUT2D eigenvalue weighted by Gasteiger charge is 2.44. The monoisotopic (exact) mass is 884 g/mol. The van der Waals surface area contributed by atoms with E-state index in [2.05, 4.69) is 234 Å². The van der Waals surface area contributed by atoms with Crippen LogP contribution in [-0.2, 0) is 5.54 Å². The highest BCUT2D eigenvalue weighted by molar-refractivity contribution is 7.27. The number of aromatic nitrogens is 2. The highest BCUT2D eigenvalue weighted by Crippen LogP contribution is 2.50. The topological polar surface area (TPSA) is 34.6 Å². The molecule has 0 spiro atoms. The molecule has 0 radical (unpaired) electrons. The van der Waals surface area contributed by atoms with E-state index in [4.69, 9.17) is 9.98 Å². The van der Waals surface area contributed by atoms with Gasteiger partial charge in [-0.15, -0.1) is 11.3 Å². The Bertz CT molecular complexity index is 4410. The molecular formula is C63H40N4S. The molecule has 4 heterocycles. The minimum Gasteiger partial charge on any atom is -0.309 e. The van der Waals surface area contributed by atoms with E-state index in [1.54, 1.807) is 0 Å². The maximum Gasteiger partial charge on any atom is 0.231 e. The van der Waals surface area contributed by atoms with Crippen molar-refractivity contribution >= 4 is 114 Å². The Morgan fingerprint density at radius 1 is 0.485 bits per heavy atom. The average Bonchev–Trinajstić information content (AvgIpc) is 4.06. The number of hydrogen-bond acceptors (Lipinski definition) is 3. The van der Waals surface area contributed by atoms with E-state index in [-0.39, 0.29) is 5.92 Å². The van der Waals surface area contributed by atoms with Crippen LogP contribution in [-0.4, -0.2) is 20.8 Å². The first-order valence-electron chi connectivity index (χ1n) is 23.4. The van der Waals surface area contributed by atoms with Crippen molar-refractivity contribution < 1.29 is 0 Å². The fourth-order valence-electron chi connectivity index (χ4n) is 11.8. The molecule has 13 aromatic rings. The van der Waals surface area contributed by atoms with Gasteiger partial charge in [0, 0.05) is 48.6 Å². The Labute approximate surface area is 395 Å². The van der Waals surface area contributed by atoms with Crippen LogP contribution in [0.2, 0.25) is 0 Å². The van der Waals surface area contributed by atoms with Crippen LogP contribution in [0, 0.1) is 5.92 Å². The van der Waals surface area contributed by atoms with Gasteiger partial charge >= 0.3 is 0 Å². The summed E-state index contributed by atoms with van der Waals surface area (Å²) in [4.78, 5) is 11.6. The fraction of sp³-hybridized carbons (Fsp3) is 0.0476. The minimum atomic E-state index is -0.612. The van der Waals surface area contributed by atoms with Gasteiger partial charge in [0.1, 0.15) is 0 Å². The van der Waals surface area contributed by atoms with Crippen molar-refractivity contribution in [2.45, 2.75) is 12.5 Å². The van der Waals surface area contributed by atoms with E-state index in [1.165, 1.54) is 96.5 Å². The molecule has 1 aliphatic carbocycles. The van der Waals surface area contributed by atoms with Crippen LogP contribution in [0.3, 0.4) is 0 Å². The molecule has 0 saturated carbocycles. The summed E-state index contributed by atoms with van der Waals surface area (Å²) in [6.45, 7) is 2.31. The zero-order chi connectivity index (χ0) is 44.7. The van der Waals surface area contributed by atoms with Gasteiger partial charge in [-0.05, 0) is 105 Å². The van der Waals surface area contributed by atoms with E-state index in [0.29, 0.717) is 5.96 Å². The summed E-state index contributed by atoms with van der Waals surface area (Å²) >= 11 is 1.88. The summed E-state index contributed by atoms with van der Waals surface area (Å²) in [5.74, 6) is 0.646. The first-order chi connectivity index (χ1) is 33.6. The minimum absolute atomic E-state index is 0.0628. The van der Waals surface area contributed by atoms with Gasteiger partial charge in [-0.1, -0.05) is 170 Å². The third kappa shape index (κ3) is 5.25. The molecule has 4 nitrogen and oxygen atoms in total. The lowest BCUT2D eigenvalue weighted by atomic mass is 9.70. The van der Waals surface area contributed by atoms with E-state index in [1.807, 2.05) is 11.3 Å². The quantitative estimate of drug-likeness (QED) is 0.169. The SMILES string of the molecule is CC12N=C(n3c4ccccc4c4c5ccccc5c5c6cc(-c7ccc8c9ccccc9n(-c9ccccc9)c8c7)ccc6sc5c43)N=C(c3ccc4ccccc4c3)C1C=Cc1ccccc12. The molecular weight excluding hydrogens is 845 g/mol. The maximum atomic E-state index is 5.87. The molecule has 15 rings (SSSR count). The molecule has 3 aromatic heterocycles. The molecule has 318 valence electrons. The molecule has 1 aliphatic heterocycles. The maximum absolute atomic E-state index is 5.87. The number of fused-ring (bicyclic) bond motifs is 17. The third-order valence-electron chi connectivity index (χ3n) is 14.9. The van der Waals surface area contributed by atoms with Crippen molar-refractivity contribution in [3.63, 3.8) is 0 Å². The van der Waals surface area contributed by atoms with Crippen molar-refractivity contribution in [1.29, 1.82) is 0 Å². The van der Waals surface area contributed by atoms with Crippen LogP contribution >= 0.6 is 11.3 Å². The molecule has 2 atom stereocenters. The smallest absolute Gasteiger partial charge is 0.231 e. The van der Waals surface area contributed by atoms with Gasteiger partial charge in [0.2, 0.25) is 5.96 Å². The zero-order valence-electron chi connectivity index (χ0n) is 37.1. The molecule has 2 aliphatic rings. The van der Waals surface area contributed by atoms with E-state index < -0.39 is 5.54 Å². The van der Waals surface area contributed by atoms with Gasteiger partial charge in [-0.25, -0.2) is 9.98 Å². The summed E-state index contributed by atoms with van der Waals surface area (Å²) in [5, 5.41) is 12.4. The number of thiophene rings is 1. The predicted octanol–water partition coefficient (Wildman–Crippen LogP) is 16.5. The Balaban J connectivity index is 1.01. The average molecular weight is 885 g/mol. The van der Waals surface area contributed by atoms with Crippen molar-refractivity contribution in [2.24, 2.45) is 15.9 Å². The molecule has 10 aromatic carbocycles. The summed E-state index contributed by atoms with van der Waals surface area (Å²) in [6, 6.07) is 75.6. The number of hydrogen-bond donors (Lipinski definition) is 0. The zero-order valence-corrected chi connectivity index (χ0v) is 37.9. The molecule has 5 heteroatoms. The van der Waals surface area contributed by atoms with Gasteiger partial charge in [0.05, 0.1) is 38.0 Å². The van der Waals surface area contributed by atoms with Crippen LogP contribution in [0.1, 0.15) is 23.6 Å². The van der Waals surface area contributed by atoms with E-state index in [0.717, 1.165) is 28.0 Å². The van der Waals surface area contributed by atoms with Crippen molar-refractivity contribution in [1.82, 2.24) is 9.13 Å². The summed E-state index contributed by atoms with van der Waals surface area (Å²) < 4.78 is 7.29. The highest BCUT2D eigenvalue weighted by atomic mass is 32.1. The van der Waals surface area contributed by atoms with Gasteiger partial charge in [-0.3, -0.25) is 4.57 Å². The molecule has 0 bridgehead atoms. The van der Waals surface area contributed by atoms with Gasteiger partial charge in [0.25, 0.3) is 0 Å². The summed E-state index contributed by atoms with van der Waals surface area (Å²) in [7, 11) is 0.